The van der Waals surface area contributed by atoms with E-state index >= 15 is 0 Å². The molecule has 0 unspecified atom stereocenters. The van der Waals surface area contributed by atoms with E-state index in [1.807, 2.05) is 0 Å². The summed E-state index contributed by atoms with van der Waals surface area (Å²) in [5.41, 5.74) is 0. The fraction of sp³-hybridized carbons (Fsp3) is 0.929. The van der Waals surface area contributed by atoms with E-state index in [2.05, 4.69) is 23.6 Å². The number of rotatable bonds is 8. The number of unbranched alkanes of at least 4 members (excludes halogenated alkanes) is 5. The molecule has 1 aliphatic rings. The van der Waals surface area contributed by atoms with Crippen molar-refractivity contribution in [3.8, 4) is 0 Å². The summed E-state index contributed by atoms with van der Waals surface area (Å²) in [6.45, 7) is 13.8. The number of hydrogen-bond donors (Lipinski definition) is 0. The third-order valence-corrected chi connectivity index (χ3v) is 3.64. The van der Waals surface area contributed by atoms with E-state index in [9.17, 15) is 0 Å². The molecule has 0 N–H and O–H groups in total. The van der Waals surface area contributed by atoms with Crippen LogP contribution in [0.1, 0.15) is 45.4 Å². The fourth-order valence-electron chi connectivity index (χ4n) is 2.37. The Morgan fingerprint density at radius 1 is 0.812 bits per heavy atom. The zero-order valence-corrected chi connectivity index (χ0v) is 11.1. The summed E-state index contributed by atoms with van der Waals surface area (Å²) < 4.78 is 0. The quantitative estimate of drug-likeness (QED) is 0.586. The molecule has 0 atom stereocenters. The van der Waals surface area contributed by atoms with Crippen molar-refractivity contribution in [3.05, 3.63) is 6.92 Å². The van der Waals surface area contributed by atoms with Crippen LogP contribution >= 0.6 is 0 Å². The molecule has 1 heterocycles. The lowest BCUT2D eigenvalue weighted by Crippen LogP contribution is -2.46. The van der Waals surface area contributed by atoms with Crippen LogP contribution in [0.15, 0.2) is 0 Å². The van der Waals surface area contributed by atoms with E-state index in [1.165, 1.54) is 71.4 Å². The highest BCUT2D eigenvalue weighted by Crippen LogP contribution is 2.07. The highest BCUT2D eigenvalue weighted by molar-refractivity contribution is 4.70. The molecule has 0 aromatic rings. The van der Waals surface area contributed by atoms with Gasteiger partial charge >= 0.3 is 0 Å². The van der Waals surface area contributed by atoms with Gasteiger partial charge in [0.15, 0.2) is 0 Å². The van der Waals surface area contributed by atoms with Crippen molar-refractivity contribution in [1.82, 2.24) is 9.80 Å². The molecular formula is C14H29N2. The summed E-state index contributed by atoms with van der Waals surface area (Å²) in [5, 5.41) is 0. The van der Waals surface area contributed by atoms with Gasteiger partial charge in [0.2, 0.25) is 0 Å². The molecule has 1 aliphatic heterocycles. The van der Waals surface area contributed by atoms with Crippen LogP contribution < -0.4 is 0 Å². The maximum atomic E-state index is 3.88. The second-order valence-electron chi connectivity index (χ2n) is 4.90. The van der Waals surface area contributed by atoms with Crippen LogP contribution in [0.5, 0.6) is 0 Å². The summed E-state index contributed by atoms with van der Waals surface area (Å²) in [7, 11) is 0. The minimum atomic E-state index is 1.11. The number of piperazine rings is 1. The van der Waals surface area contributed by atoms with Crippen LogP contribution in [0.2, 0.25) is 0 Å². The molecule has 0 aromatic carbocycles. The molecule has 1 fully saturated rings. The van der Waals surface area contributed by atoms with Crippen molar-refractivity contribution in [3.63, 3.8) is 0 Å². The molecule has 1 radical (unpaired) electrons. The van der Waals surface area contributed by atoms with E-state index in [1.54, 1.807) is 0 Å². The van der Waals surface area contributed by atoms with Crippen LogP contribution in [0.4, 0.5) is 0 Å². The molecule has 1 rings (SSSR count). The first kappa shape index (κ1) is 14.0. The highest BCUT2D eigenvalue weighted by atomic mass is 15.3. The van der Waals surface area contributed by atoms with Crippen molar-refractivity contribution in [1.29, 1.82) is 0 Å². The zero-order chi connectivity index (χ0) is 11.6. The third kappa shape index (κ3) is 5.86. The Balaban J connectivity index is 1.90. The normalized spacial score (nSPS) is 19.1. The van der Waals surface area contributed by atoms with Crippen molar-refractivity contribution >= 4 is 0 Å². The first-order valence-corrected chi connectivity index (χ1v) is 7.10. The Bertz CT molecular complexity index is 151. The van der Waals surface area contributed by atoms with Gasteiger partial charge < -0.3 is 9.80 Å². The van der Waals surface area contributed by atoms with Gasteiger partial charge in [-0.05, 0) is 19.5 Å². The fourth-order valence-corrected chi connectivity index (χ4v) is 2.37. The SMILES string of the molecule is [CH2]CCCCCCCN1CCN(CC)CC1. The lowest BCUT2D eigenvalue weighted by molar-refractivity contribution is 0.135. The van der Waals surface area contributed by atoms with Crippen LogP contribution in [-0.2, 0) is 0 Å². The van der Waals surface area contributed by atoms with Crippen LogP contribution in [0.3, 0.4) is 0 Å². The largest absolute Gasteiger partial charge is 0.301 e. The molecule has 0 amide bonds. The average molecular weight is 225 g/mol. The Labute approximate surface area is 102 Å². The number of nitrogens with zero attached hydrogens (tertiary/aromatic N) is 2. The predicted molar refractivity (Wildman–Crippen MR) is 71.6 cm³/mol. The van der Waals surface area contributed by atoms with Crippen molar-refractivity contribution in [2.24, 2.45) is 0 Å². The summed E-state index contributed by atoms with van der Waals surface area (Å²) in [5.74, 6) is 0. The molecule has 95 valence electrons. The van der Waals surface area contributed by atoms with E-state index in [-0.39, 0.29) is 0 Å². The van der Waals surface area contributed by atoms with Crippen LogP contribution in [0.25, 0.3) is 0 Å². The van der Waals surface area contributed by atoms with Gasteiger partial charge in [0, 0.05) is 26.2 Å². The molecule has 2 heteroatoms. The zero-order valence-electron chi connectivity index (χ0n) is 11.1. The van der Waals surface area contributed by atoms with E-state index < -0.39 is 0 Å². The molecule has 0 spiro atoms. The van der Waals surface area contributed by atoms with Gasteiger partial charge in [-0.2, -0.15) is 0 Å². The van der Waals surface area contributed by atoms with Crippen LogP contribution in [0, 0.1) is 6.92 Å². The second-order valence-corrected chi connectivity index (χ2v) is 4.90. The molecule has 1 saturated heterocycles. The van der Waals surface area contributed by atoms with Crippen molar-refractivity contribution in [2.75, 3.05) is 39.3 Å². The Hall–Kier alpha value is -0.0800. The molecule has 0 aromatic heterocycles. The smallest absolute Gasteiger partial charge is 0.0110 e. The number of likely N-dealkylation sites (N-methyl/N-ethyl adjacent to an activating group) is 1. The first-order chi connectivity index (χ1) is 7.86. The lowest BCUT2D eigenvalue weighted by Gasteiger charge is -2.33. The van der Waals surface area contributed by atoms with Crippen molar-refractivity contribution < 1.29 is 0 Å². The molecule has 0 bridgehead atoms. The van der Waals surface area contributed by atoms with Gasteiger partial charge in [-0.15, -0.1) is 0 Å². The van der Waals surface area contributed by atoms with E-state index in [0.717, 1.165) is 6.42 Å². The van der Waals surface area contributed by atoms with Gasteiger partial charge in [-0.25, -0.2) is 0 Å². The third-order valence-electron chi connectivity index (χ3n) is 3.64. The minimum absolute atomic E-state index is 1.11. The Morgan fingerprint density at radius 3 is 2.00 bits per heavy atom. The summed E-state index contributed by atoms with van der Waals surface area (Å²) in [6.07, 6.45) is 8.02. The van der Waals surface area contributed by atoms with E-state index in [0.29, 0.717) is 0 Å². The minimum Gasteiger partial charge on any atom is -0.301 e. The van der Waals surface area contributed by atoms with Gasteiger partial charge in [-0.1, -0.05) is 46.0 Å². The Kier molecular flexibility index (Phi) is 7.87. The predicted octanol–water partition coefficient (Wildman–Crippen LogP) is 2.80. The standard InChI is InChI=1S/C14H29N2/c1-3-5-6-7-8-9-10-16-13-11-15(4-2)12-14-16/h1,3-14H2,2H3. The van der Waals surface area contributed by atoms with Crippen molar-refractivity contribution in [2.45, 2.75) is 45.4 Å². The first-order valence-electron chi connectivity index (χ1n) is 7.10. The summed E-state index contributed by atoms with van der Waals surface area (Å²) in [4.78, 5) is 5.18. The van der Waals surface area contributed by atoms with Gasteiger partial charge in [0.05, 0.1) is 0 Å². The molecular weight excluding hydrogens is 196 g/mol. The monoisotopic (exact) mass is 225 g/mol. The average Bonchev–Trinajstić information content (AvgIpc) is 2.34. The van der Waals surface area contributed by atoms with Gasteiger partial charge in [0.25, 0.3) is 0 Å². The van der Waals surface area contributed by atoms with Gasteiger partial charge in [0.1, 0.15) is 0 Å². The molecule has 0 aliphatic carbocycles. The summed E-state index contributed by atoms with van der Waals surface area (Å²) >= 11 is 0. The maximum absolute atomic E-state index is 3.88. The second kappa shape index (κ2) is 9.00. The molecule has 2 nitrogen and oxygen atoms in total. The summed E-state index contributed by atoms with van der Waals surface area (Å²) in [6, 6.07) is 0. The van der Waals surface area contributed by atoms with Crippen LogP contribution in [-0.4, -0.2) is 49.1 Å². The highest BCUT2D eigenvalue weighted by Gasteiger charge is 2.14. The maximum Gasteiger partial charge on any atom is 0.0110 e. The molecule has 16 heavy (non-hydrogen) atoms. The lowest BCUT2D eigenvalue weighted by atomic mass is 10.1. The Morgan fingerprint density at radius 2 is 1.38 bits per heavy atom. The topological polar surface area (TPSA) is 6.48 Å². The van der Waals surface area contributed by atoms with E-state index in [4.69, 9.17) is 0 Å². The van der Waals surface area contributed by atoms with Gasteiger partial charge in [-0.3, -0.25) is 0 Å². The number of hydrogen-bond acceptors (Lipinski definition) is 2. The molecule has 0 saturated carbocycles.